The number of rotatable bonds is 5. The summed E-state index contributed by atoms with van der Waals surface area (Å²) < 4.78 is 22.2. The highest BCUT2D eigenvalue weighted by Crippen LogP contribution is 2.44. The molecule has 3 aliphatic heterocycles. The predicted octanol–water partition coefficient (Wildman–Crippen LogP) is 3.52. The van der Waals surface area contributed by atoms with Crippen LogP contribution in [0.2, 0.25) is 5.02 Å². The number of ether oxygens (including phenoxy) is 1. The molecule has 1 saturated carbocycles. The number of amides is 1. The number of halogens is 2. The number of carbonyl (C=O) groups is 1. The van der Waals surface area contributed by atoms with Gasteiger partial charge in [0.05, 0.1) is 47.4 Å². The van der Waals surface area contributed by atoms with Gasteiger partial charge in [0.15, 0.2) is 5.65 Å². The van der Waals surface area contributed by atoms with Crippen molar-refractivity contribution in [3.8, 4) is 5.75 Å². The Labute approximate surface area is 213 Å². The number of nitrogens with zero attached hydrogens (tertiary/aromatic N) is 5. The molecule has 0 radical (unpaired) electrons. The fraction of sp³-hybridized carbons (Fsp3) is 0.500. The van der Waals surface area contributed by atoms with Gasteiger partial charge in [-0.15, -0.1) is 0 Å². The van der Waals surface area contributed by atoms with Crippen LogP contribution in [0.15, 0.2) is 18.2 Å². The number of piperidine rings is 1. The molecule has 190 valence electrons. The summed E-state index contributed by atoms with van der Waals surface area (Å²) in [5, 5.41) is 14.6. The maximum atomic E-state index is 14.2. The Kier molecular flexibility index (Phi) is 5.70. The Morgan fingerprint density at radius 1 is 1.25 bits per heavy atom. The maximum Gasteiger partial charge on any atom is 0.258 e. The molecule has 1 N–H and O–H groups in total. The van der Waals surface area contributed by atoms with Crippen LogP contribution in [-0.4, -0.2) is 66.8 Å². The highest BCUT2D eigenvalue weighted by Gasteiger charge is 2.51. The fourth-order valence-corrected chi connectivity index (χ4v) is 6.38. The average Bonchev–Trinajstić information content (AvgIpc) is 3.42. The van der Waals surface area contributed by atoms with Gasteiger partial charge in [-0.05, 0) is 31.9 Å². The average molecular weight is 514 g/mol. The van der Waals surface area contributed by atoms with Crippen molar-refractivity contribution in [2.24, 2.45) is 5.92 Å². The third-order valence-electron chi connectivity index (χ3n) is 8.14. The Morgan fingerprint density at radius 2 is 2.00 bits per heavy atom. The molecule has 2 aromatic heterocycles. The van der Waals surface area contributed by atoms with E-state index in [1.165, 1.54) is 18.2 Å². The molecule has 7 rings (SSSR count). The molecule has 2 saturated heterocycles. The van der Waals surface area contributed by atoms with Crippen LogP contribution in [-0.2, 0) is 13.1 Å². The third-order valence-corrected chi connectivity index (χ3v) is 8.69. The van der Waals surface area contributed by atoms with Crippen molar-refractivity contribution in [1.29, 1.82) is 0 Å². The van der Waals surface area contributed by atoms with Crippen LogP contribution in [0.4, 0.5) is 4.39 Å². The first-order valence-corrected chi connectivity index (χ1v) is 12.8. The predicted molar refractivity (Wildman–Crippen MR) is 132 cm³/mol. The monoisotopic (exact) mass is 513 g/mol. The van der Waals surface area contributed by atoms with E-state index in [2.05, 4.69) is 21.9 Å². The van der Waals surface area contributed by atoms with Crippen molar-refractivity contribution < 1.29 is 19.0 Å². The number of benzene rings is 1. The van der Waals surface area contributed by atoms with Crippen molar-refractivity contribution in [3.05, 3.63) is 57.2 Å². The van der Waals surface area contributed by atoms with Crippen LogP contribution in [0, 0.1) is 25.6 Å². The number of aryl methyl sites for hydroxylation is 2. The van der Waals surface area contributed by atoms with Crippen LogP contribution >= 0.6 is 11.6 Å². The Bertz CT molecular complexity index is 1360. The van der Waals surface area contributed by atoms with Gasteiger partial charge in [0.2, 0.25) is 0 Å². The summed E-state index contributed by atoms with van der Waals surface area (Å²) in [6.45, 7) is 7.48. The van der Waals surface area contributed by atoms with Crippen LogP contribution in [0.3, 0.4) is 0 Å². The van der Waals surface area contributed by atoms with E-state index in [0.29, 0.717) is 53.9 Å². The summed E-state index contributed by atoms with van der Waals surface area (Å²) in [5.41, 5.74) is 4.29. The van der Waals surface area contributed by atoms with E-state index in [9.17, 15) is 14.3 Å². The zero-order valence-electron chi connectivity index (χ0n) is 20.5. The lowest BCUT2D eigenvalue weighted by atomic mass is 9.70. The SMILES string of the molecule is Cc1nc2c3c(nn2c(C)c1Cl)CN(C(=O)c1ccc(F)cc1OC1CC2C(C)C(C1)N2CCO)C3. The second-order valence-electron chi connectivity index (χ2n) is 10.2. The van der Waals surface area contributed by atoms with E-state index >= 15 is 0 Å². The largest absolute Gasteiger partial charge is 0.489 e. The molecule has 1 aliphatic carbocycles. The first-order chi connectivity index (χ1) is 17.3. The number of carbonyl (C=O) groups excluding carboxylic acids is 1. The van der Waals surface area contributed by atoms with E-state index in [1.54, 1.807) is 9.42 Å². The summed E-state index contributed by atoms with van der Waals surface area (Å²) in [5.74, 6) is 0.165. The van der Waals surface area contributed by atoms with E-state index < -0.39 is 5.82 Å². The van der Waals surface area contributed by atoms with E-state index in [-0.39, 0.29) is 24.4 Å². The number of aliphatic hydroxyl groups is 1. The lowest BCUT2D eigenvalue weighted by Gasteiger charge is -2.59. The van der Waals surface area contributed by atoms with E-state index in [0.717, 1.165) is 35.5 Å². The summed E-state index contributed by atoms with van der Waals surface area (Å²) in [6.07, 6.45) is 1.49. The van der Waals surface area contributed by atoms with Crippen molar-refractivity contribution >= 4 is 23.2 Å². The molecule has 2 unspecified atom stereocenters. The normalized spacial score (nSPS) is 25.2. The lowest BCUT2D eigenvalue weighted by molar-refractivity contribution is -0.125. The van der Waals surface area contributed by atoms with Gasteiger partial charge in [-0.1, -0.05) is 18.5 Å². The fourth-order valence-electron chi connectivity index (χ4n) is 6.26. The Hall–Kier alpha value is -2.75. The molecule has 0 spiro atoms. The summed E-state index contributed by atoms with van der Waals surface area (Å²) in [6, 6.07) is 4.79. The standard InChI is InChI=1S/C26H29ClFN5O3/c1-13-21-9-17(10-22(13)32(21)6-7-34)36-23-8-16(28)4-5-18(23)26(35)31-11-19-20(12-31)30-33-15(3)24(27)14(2)29-25(19)33/h4-5,8,13,17,21-22,34H,6-7,9-12H2,1-3H3. The number of hydrogen-bond donors (Lipinski definition) is 1. The van der Waals surface area contributed by atoms with E-state index in [4.69, 9.17) is 16.3 Å². The minimum absolute atomic E-state index is 0.0978. The van der Waals surface area contributed by atoms with Gasteiger partial charge in [-0.2, -0.15) is 5.10 Å². The van der Waals surface area contributed by atoms with Gasteiger partial charge in [0, 0.05) is 43.1 Å². The van der Waals surface area contributed by atoms with Crippen LogP contribution in [0.5, 0.6) is 5.75 Å². The van der Waals surface area contributed by atoms with Crippen LogP contribution in [0.1, 0.15) is 52.8 Å². The molecule has 2 bridgehead atoms. The summed E-state index contributed by atoms with van der Waals surface area (Å²) >= 11 is 6.35. The van der Waals surface area contributed by atoms with Gasteiger partial charge in [0.25, 0.3) is 5.91 Å². The van der Waals surface area contributed by atoms with E-state index in [1.807, 2.05) is 13.8 Å². The van der Waals surface area contributed by atoms with Gasteiger partial charge >= 0.3 is 0 Å². The first-order valence-electron chi connectivity index (χ1n) is 12.4. The Balaban J connectivity index is 1.22. The number of hydrogen-bond acceptors (Lipinski definition) is 6. The van der Waals surface area contributed by atoms with Gasteiger partial charge in [-0.3, -0.25) is 9.69 Å². The molecule has 3 aromatic rings. The second kappa shape index (κ2) is 8.68. The zero-order valence-corrected chi connectivity index (χ0v) is 21.3. The molecule has 36 heavy (non-hydrogen) atoms. The number of aromatic nitrogens is 3. The second-order valence-corrected chi connectivity index (χ2v) is 10.6. The van der Waals surface area contributed by atoms with Crippen molar-refractivity contribution in [2.45, 2.75) is 64.9 Å². The minimum atomic E-state index is -0.438. The summed E-state index contributed by atoms with van der Waals surface area (Å²) in [7, 11) is 0. The van der Waals surface area contributed by atoms with Crippen molar-refractivity contribution in [3.63, 3.8) is 0 Å². The van der Waals surface area contributed by atoms with Gasteiger partial charge in [-0.25, -0.2) is 13.9 Å². The summed E-state index contributed by atoms with van der Waals surface area (Å²) in [4.78, 5) is 22.2. The molecule has 1 aromatic carbocycles. The van der Waals surface area contributed by atoms with Crippen molar-refractivity contribution in [1.82, 2.24) is 24.4 Å². The number of aliphatic hydroxyl groups excluding tert-OH is 1. The molecule has 4 aliphatic rings. The first kappa shape index (κ1) is 23.6. The zero-order chi connectivity index (χ0) is 25.3. The van der Waals surface area contributed by atoms with Crippen molar-refractivity contribution in [2.75, 3.05) is 13.2 Å². The maximum absolute atomic E-state index is 14.2. The van der Waals surface area contributed by atoms with Crippen LogP contribution in [0.25, 0.3) is 5.65 Å². The highest BCUT2D eigenvalue weighted by atomic mass is 35.5. The molecule has 1 amide bonds. The molecule has 2 atom stereocenters. The molecule has 5 heterocycles. The molecule has 3 fully saturated rings. The quantitative estimate of drug-likeness (QED) is 0.562. The van der Waals surface area contributed by atoms with Crippen LogP contribution < -0.4 is 4.74 Å². The molecular formula is C26H29ClFN5O3. The third kappa shape index (κ3) is 3.59. The number of fused-ring (bicyclic) bond motifs is 5. The topological polar surface area (TPSA) is 83.2 Å². The smallest absolute Gasteiger partial charge is 0.258 e. The molecule has 8 nitrogen and oxygen atoms in total. The van der Waals surface area contributed by atoms with Gasteiger partial charge < -0.3 is 14.7 Å². The van der Waals surface area contributed by atoms with Gasteiger partial charge in [0.1, 0.15) is 17.7 Å². The highest BCUT2D eigenvalue weighted by molar-refractivity contribution is 6.31. The molecule has 10 heteroatoms. The lowest BCUT2D eigenvalue weighted by Crippen LogP contribution is -2.69. The molecular weight excluding hydrogens is 485 g/mol. The minimum Gasteiger partial charge on any atom is -0.489 e. The Morgan fingerprint density at radius 3 is 2.72 bits per heavy atom.